The van der Waals surface area contributed by atoms with Crippen LogP contribution in [0, 0.1) is 20.8 Å². The van der Waals surface area contributed by atoms with Gasteiger partial charge in [-0.3, -0.25) is 9.59 Å². The van der Waals surface area contributed by atoms with Crippen molar-refractivity contribution in [3.05, 3.63) is 64.7 Å². The molecule has 2 aromatic rings. The molecule has 0 heterocycles. The van der Waals surface area contributed by atoms with E-state index in [-0.39, 0.29) is 31.3 Å². The quantitative estimate of drug-likeness (QED) is 0.714. The van der Waals surface area contributed by atoms with Crippen molar-refractivity contribution in [2.45, 2.75) is 39.7 Å². The van der Waals surface area contributed by atoms with Crippen LogP contribution in [-0.4, -0.2) is 23.5 Å². The van der Waals surface area contributed by atoms with Gasteiger partial charge in [0, 0.05) is 18.5 Å². The Morgan fingerprint density at radius 3 is 2.12 bits per heavy atom. The lowest BCUT2D eigenvalue weighted by molar-refractivity contribution is -0.125. The van der Waals surface area contributed by atoms with E-state index >= 15 is 0 Å². The van der Waals surface area contributed by atoms with Gasteiger partial charge in [0.05, 0.1) is 12.6 Å². The molecule has 0 saturated heterocycles. The van der Waals surface area contributed by atoms with Crippen LogP contribution in [0.2, 0.25) is 0 Å². The molecule has 0 unspecified atom stereocenters. The number of hydrogen-bond acceptors (Lipinski definition) is 3. The van der Waals surface area contributed by atoms with Gasteiger partial charge in [0.25, 0.3) is 0 Å². The summed E-state index contributed by atoms with van der Waals surface area (Å²) in [5.74, 6) is -0.462. The van der Waals surface area contributed by atoms with Gasteiger partial charge in [-0.2, -0.15) is 0 Å². The normalized spacial score (nSPS) is 11.7. The van der Waals surface area contributed by atoms with Gasteiger partial charge in [0.2, 0.25) is 11.8 Å². The minimum absolute atomic E-state index is 0.0686. The molecule has 0 spiro atoms. The highest BCUT2D eigenvalue weighted by atomic mass is 16.3. The van der Waals surface area contributed by atoms with Crippen molar-refractivity contribution in [2.24, 2.45) is 0 Å². The van der Waals surface area contributed by atoms with Crippen LogP contribution in [-0.2, 0) is 9.59 Å². The standard InChI is InChI=1S/C21H26N2O3/c1-14-11-15(2)21(16(3)12-14)23-20(26)10-9-19(25)22-18(13-24)17-7-5-4-6-8-17/h4-8,11-12,18,24H,9-10,13H2,1-3H3,(H,22,25)(H,23,26)/t18-/m0/s1. The van der Waals surface area contributed by atoms with E-state index < -0.39 is 6.04 Å². The predicted octanol–water partition coefficient (Wildman–Crippen LogP) is 3.18. The fourth-order valence-electron chi connectivity index (χ4n) is 2.99. The average Bonchev–Trinajstić information content (AvgIpc) is 2.61. The number of aryl methyl sites for hydroxylation is 3. The number of nitrogens with one attached hydrogen (secondary N) is 2. The molecule has 2 amide bonds. The highest BCUT2D eigenvalue weighted by Crippen LogP contribution is 2.22. The second-order valence-corrected chi connectivity index (χ2v) is 6.54. The molecule has 0 saturated carbocycles. The van der Waals surface area contributed by atoms with Crippen molar-refractivity contribution < 1.29 is 14.7 Å². The number of rotatable bonds is 7. The molecule has 2 rings (SSSR count). The maximum absolute atomic E-state index is 12.2. The van der Waals surface area contributed by atoms with Crippen LogP contribution >= 0.6 is 0 Å². The Bertz CT molecular complexity index is 749. The van der Waals surface area contributed by atoms with Gasteiger partial charge in [-0.25, -0.2) is 0 Å². The topological polar surface area (TPSA) is 78.4 Å². The Labute approximate surface area is 154 Å². The number of benzene rings is 2. The molecule has 0 aliphatic rings. The van der Waals surface area contributed by atoms with Crippen LogP contribution in [0.15, 0.2) is 42.5 Å². The Morgan fingerprint density at radius 1 is 0.962 bits per heavy atom. The second kappa shape index (κ2) is 9.15. The van der Waals surface area contributed by atoms with Crippen LogP contribution in [0.3, 0.4) is 0 Å². The van der Waals surface area contributed by atoms with Crippen molar-refractivity contribution in [1.29, 1.82) is 0 Å². The fourth-order valence-corrected chi connectivity index (χ4v) is 2.99. The average molecular weight is 354 g/mol. The third-order valence-corrected chi connectivity index (χ3v) is 4.24. The molecule has 3 N–H and O–H groups in total. The van der Waals surface area contributed by atoms with Crippen molar-refractivity contribution in [3.63, 3.8) is 0 Å². The summed E-state index contributed by atoms with van der Waals surface area (Å²) in [6.45, 7) is 5.73. The van der Waals surface area contributed by atoms with Gasteiger partial charge in [-0.15, -0.1) is 0 Å². The van der Waals surface area contributed by atoms with Gasteiger partial charge in [0.1, 0.15) is 0 Å². The van der Waals surface area contributed by atoms with Crippen LogP contribution < -0.4 is 10.6 Å². The van der Waals surface area contributed by atoms with Crippen molar-refractivity contribution in [3.8, 4) is 0 Å². The number of aliphatic hydroxyl groups excluding tert-OH is 1. The lowest BCUT2D eigenvalue weighted by Crippen LogP contribution is -2.31. The zero-order valence-corrected chi connectivity index (χ0v) is 15.5. The highest BCUT2D eigenvalue weighted by molar-refractivity contribution is 5.94. The van der Waals surface area contributed by atoms with Crippen LogP contribution in [0.4, 0.5) is 5.69 Å². The molecule has 0 aliphatic heterocycles. The summed E-state index contributed by atoms with van der Waals surface area (Å²) >= 11 is 0. The minimum atomic E-state index is -0.464. The van der Waals surface area contributed by atoms with Crippen molar-refractivity contribution >= 4 is 17.5 Å². The molecular weight excluding hydrogens is 328 g/mol. The molecule has 26 heavy (non-hydrogen) atoms. The molecule has 0 radical (unpaired) electrons. The predicted molar refractivity (Wildman–Crippen MR) is 103 cm³/mol. The number of anilines is 1. The van der Waals surface area contributed by atoms with Crippen LogP contribution in [0.25, 0.3) is 0 Å². The SMILES string of the molecule is Cc1cc(C)c(NC(=O)CCC(=O)N[C@@H](CO)c2ccccc2)c(C)c1. The maximum atomic E-state index is 12.2. The van der Waals surface area contributed by atoms with E-state index in [0.29, 0.717) is 0 Å². The van der Waals surface area contributed by atoms with E-state index in [1.165, 1.54) is 0 Å². The Morgan fingerprint density at radius 2 is 1.54 bits per heavy atom. The number of carbonyl (C=O) groups excluding carboxylic acids is 2. The summed E-state index contributed by atoms with van der Waals surface area (Å²) in [6.07, 6.45) is 0.157. The van der Waals surface area contributed by atoms with Gasteiger partial charge >= 0.3 is 0 Å². The number of carbonyl (C=O) groups is 2. The number of aliphatic hydroxyl groups is 1. The lowest BCUT2D eigenvalue weighted by atomic mass is 10.0. The summed E-state index contributed by atoms with van der Waals surface area (Å²) in [7, 11) is 0. The van der Waals surface area contributed by atoms with Gasteiger partial charge in [0.15, 0.2) is 0 Å². The third kappa shape index (κ3) is 5.43. The van der Waals surface area contributed by atoms with E-state index in [2.05, 4.69) is 10.6 Å². The number of hydrogen-bond donors (Lipinski definition) is 3. The molecule has 0 fully saturated rings. The van der Waals surface area contributed by atoms with Crippen LogP contribution in [0.5, 0.6) is 0 Å². The summed E-state index contributed by atoms with van der Waals surface area (Å²) in [6, 6.07) is 12.8. The third-order valence-electron chi connectivity index (χ3n) is 4.24. The molecule has 138 valence electrons. The molecule has 0 aromatic heterocycles. The van der Waals surface area contributed by atoms with Crippen LogP contribution in [0.1, 0.15) is 41.1 Å². The summed E-state index contributed by atoms with van der Waals surface area (Å²) in [4.78, 5) is 24.3. The molecule has 0 bridgehead atoms. The Kier molecular flexibility index (Phi) is 6.92. The van der Waals surface area contributed by atoms with Crippen molar-refractivity contribution in [2.75, 3.05) is 11.9 Å². The van der Waals surface area contributed by atoms with E-state index in [4.69, 9.17) is 0 Å². The van der Waals surface area contributed by atoms with Gasteiger partial charge in [-0.05, 0) is 37.5 Å². The van der Waals surface area contributed by atoms with Crippen molar-refractivity contribution in [1.82, 2.24) is 5.32 Å². The monoisotopic (exact) mass is 354 g/mol. The maximum Gasteiger partial charge on any atom is 0.224 e. The van der Waals surface area contributed by atoms with E-state index in [0.717, 1.165) is 27.9 Å². The summed E-state index contributed by atoms with van der Waals surface area (Å²) < 4.78 is 0. The molecule has 5 heteroatoms. The number of amides is 2. The van der Waals surface area contributed by atoms with Gasteiger partial charge in [-0.1, -0.05) is 48.0 Å². The van der Waals surface area contributed by atoms with E-state index in [1.54, 1.807) is 0 Å². The van der Waals surface area contributed by atoms with E-state index in [1.807, 2.05) is 63.2 Å². The second-order valence-electron chi connectivity index (χ2n) is 6.54. The first kappa shape index (κ1) is 19.7. The zero-order valence-electron chi connectivity index (χ0n) is 15.5. The molecular formula is C21H26N2O3. The minimum Gasteiger partial charge on any atom is -0.394 e. The largest absolute Gasteiger partial charge is 0.394 e. The first-order valence-corrected chi connectivity index (χ1v) is 8.73. The first-order chi connectivity index (χ1) is 12.4. The lowest BCUT2D eigenvalue weighted by Gasteiger charge is -2.17. The van der Waals surface area contributed by atoms with E-state index in [9.17, 15) is 14.7 Å². The molecule has 2 aromatic carbocycles. The molecule has 5 nitrogen and oxygen atoms in total. The van der Waals surface area contributed by atoms with Gasteiger partial charge < -0.3 is 15.7 Å². The molecule has 0 aliphatic carbocycles. The zero-order chi connectivity index (χ0) is 19.1. The Balaban J connectivity index is 1.88. The first-order valence-electron chi connectivity index (χ1n) is 8.73. The highest BCUT2D eigenvalue weighted by Gasteiger charge is 2.15. The smallest absolute Gasteiger partial charge is 0.224 e. The fraction of sp³-hybridized carbons (Fsp3) is 0.333. The summed E-state index contributed by atoms with van der Waals surface area (Å²) in [5.41, 5.74) is 4.79. The Hall–Kier alpha value is -2.66. The summed E-state index contributed by atoms with van der Waals surface area (Å²) in [5, 5.41) is 15.1. The molecule has 1 atom stereocenters.